The number of rotatable bonds is 2. The Balaban J connectivity index is 2.41. The molecule has 5 heteroatoms. The molecule has 0 bridgehead atoms. The molecule has 0 amide bonds. The van der Waals surface area contributed by atoms with Crippen molar-refractivity contribution in [2.24, 2.45) is 0 Å². The molecule has 0 saturated carbocycles. The second-order valence-electron chi connectivity index (χ2n) is 4.96. The second-order valence-corrected chi connectivity index (χ2v) is 6.02. The highest BCUT2D eigenvalue weighted by molar-refractivity contribution is 6.31. The molecule has 3 aromatic rings. The summed E-state index contributed by atoms with van der Waals surface area (Å²) in [6.45, 7) is 3.85. The van der Waals surface area contributed by atoms with Gasteiger partial charge in [-0.2, -0.15) is 0 Å². The third kappa shape index (κ3) is 2.41. The molecule has 1 aromatic heterocycles. The maximum Gasteiger partial charge on any atom is 0.144 e. The predicted molar refractivity (Wildman–Crippen MR) is 85.0 cm³/mol. The van der Waals surface area contributed by atoms with Crippen LogP contribution in [0.5, 0.6) is 0 Å². The maximum atomic E-state index is 13.7. The van der Waals surface area contributed by atoms with E-state index in [0.29, 0.717) is 11.3 Å². The van der Waals surface area contributed by atoms with Gasteiger partial charge in [-0.05, 0) is 31.5 Å². The Hall–Kier alpha value is -1.58. The van der Waals surface area contributed by atoms with Crippen molar-refractivity contribution in [2.45, 2.75) is 19.2 Å². The number of benzene rings is 2. The summed E-state index contributed by atoms with van der Waals surface area (Å²) in [5.74, 6) is 0.190. The van der Waals surface area contributed by atoms with Crippen molar-refractivity contribution < 1.29 is 4.39 Å². The van der Waals surface area contributed by atoms with E-state index in [1.165, 1.54) is 6.07 Å². The van der Waals surface area contributed by atoms with Crippen LogP contribution in [0.15, 0.2) is 36.4 Å². The van der Waals surface area contributed by atoms with E-state index in [0.717, 1.165) is 16.8 Å². The number of para-hydroxylation sites is 1. The molecule has 0 fully saturated rings. The molecule has 1 heterocycles. The van der Waals surface area contributed by atoms with Crippen LogP contribution in [0.2, 0.25) is 5.02 Å². The molecule has 0 N–H and O–H groups in total. The Morgan fingerprint density at radius 1 is 1.24 bits per heavy atom. The van der Waals surface area contributed by atoms with Crippen molar-refractivity contribution >= 4 is 34.2 Å². The van der Waals surface area contributed by atoms with Crippen molar-refractivity contribution in [3.63, 3.8) is 0 Å². The number of aryl methyl sites for hydroxylation is 1. The van der Waals surface area contributed by atoms with E-state index in [4.69, 9.17) is 23.2 Å². The lowest BCUT2D eigenvalue weighted by Gasteiger charge is -2.13. The summed E-state index contributed by atoms with van der Waals surface area (Å²) in [6, 6.07) is 10.8. The first-order valence-electron chi connectivity index (χ1n) is 6.56. The van der Waals surface area contributed by atoms with Gasteiger partial charge in [-0.15, -0.1) is 11.6 Å². The summed E-state index contributed by atoms with van der Waals surface area (Å²) in [5, 5.41) is -0.232. The normalized spacial score (nSPS) is 12.8. The van der Waals surface area contributed by atoms with Crippen LogP contribution in [-0.2, 0) is 0 Å². The number of nitrogens with zero attached hydrogens (tertiary/aromatic N) is 2. The van der Waals surface area contributed by atoms with E-state index in [1.54, 1.807) is 6.07 Å². The monoisotopic (exact) mass is 322 g/mol. The molecule has 0 aliphatic rings. The number of hydrogen-bond acceptors (Lipinski definition) is 1. The van der Waals surface area contributed by atoms with Crippen molar-refractivity contribution in [3.05, 3.63) is 58.6 Å². The van der Waals surface area contributed by atoms with Gasteiger partial charge in [0.15, 0.2) is 0 Å². The third-order valence-electron chi connectivity index (χ3n) is 3.43. The lowest BCUT2D eigenvalue weighted by atomic mass is 10.2. The topological polar surface area (TPSA) is 17.8 Å². The van der Waals surface area contributed by atoms with E-state index in [2.05, 4.69) is 4.98 Å². The molecule has 0 saturated heterocycles. The summed E-state index contributed by atoms with van der Waals surface area (Å²) < 4.78 is 15.6. The Morgan fingerprint density at radius 3 is 2.62 bits per heavy atom. The van der Waals surface area contributed by atoms with E-state index >= 15 is 0 Å². The van der Waals surface area contributed by atoms with Crippen LogP contribution in [0.4, 0.5) is 4.39 Å². The van der Waals surface area contributed by atoms with Gasteiger partial charge in [0.25, 0.3) is 0 Å². The molecule has 3 rings (SSSR count). The van der Waals surface area contributed by atoms with E-state index in [9.17, 15) is 4.39 Å². The quantitative estimate of drug-likeness (QED) is 0.575. The fourth-order valence-corrected chi connectivity index (χ4v) is 2.73. The molecule has 2 nitrogen and oxygen atoms in total. The Morgan fingerprint density at radius 2 is 1.95 bits per heavy atom. The van der Waals surface area contributed by atoms with E-state index < -0.39 is 5.82 Å². The van der Waals surface area contributed by atoms with Gasteiger partial charge < -0.3 is 0 Å². The van der Waals surface area contributed by atoms with Crippen LogP contribution < -0.4 is 0 Å². The van der Waals surface area contributed by atoms with E-state index in [1.807, 2.05) is 42.7 Å². The SMILES string of the molecule is Cc1ccccc1-n1c(C(C)Cl)nc2cc(F)c(Cl)cc21. The fraction of sp³-hybridized carbons (Fsp3) is 0.188. The van der Waals surface area contributed by atoms with Gasteiger partial charge in [0, 0.05) is 6.07 Å². The van der Waals surface area contributed by atoms with Crippen molar-refractivity contribution in [1.82, 2.24) is 9.55 Å². The summed E-state index contributed by atoms with van der Waals surface area (Å²) in [7, 11) is 0. The van der Waals surface area contributed by atoms with Crippen molar-refractivity contribution in [3.8, 4) is 5.69 Å². The van der Waals surface area contributed by atoms with Gasteiger partial charge in [-0.3, -0.25) is 4.57 Å². The van der Waals surface area contributed by atoms with Gasteiger partial charge in [0.1, 0.15) is 11.6 Å². The van der Waals surface area contributed by atoms with Crippen LogP contribution in [-0.4, -0.2) is 9.55 Å². The van der Waals surface area contributed by atoms with Crippen LogP contribution in [0.1, 0.15) is 23.7 Å². The Bertz CT molecular complexity index is 825. The third-order valence-corrected chi connectivity index (χ3v) is 3.92. The Labute approximate surface area is 132 Å². The molecule has 0 spiro atoms. The standard InChI is InChI=1S/C16H13Cl2FN2/c1-9-5-3-4-6-14(9)21-15-7-11(18)12(19)8-13(15)20-16(21)10(2)17/h3-8,10H,1-2H3. The molecule has 0 aliphatic heterocycles. The molecular weight excluding hydrogens is 310 g/mol. The molecular formula is C16H13Cl2FN2. The summed E-state index contributed by atoms with van der Waals surface area (Å²) in [4.78, 5) is 4.46. The van der Waals surface area contributed by atoms with Crippen LogP contribution >= 0.6 is 23.2 Å². The lowest BCUT2D eigenvalue weighted by molar-refractivity contribution is 0.630. The van der Waals surface area contributed by atoms with Gasteiger partial charge in [-0.25, -0.2) is 9.37 Å². The molecule has 0 aliphatic carbocycles. The molecule has 21 heavy (non-hydrogen) atoms. The van der Waals surface area contributed by atoms with Crippen LogP contribution in [0, 0.1) is 12.7 Å². The predicted octanol–water partition coefficient (Wildman–Crippen LogP) is 5.43. The highest BCUT2D eigenvalue weighted by atomic mass is 35.5. The number of alkyl halides is 1. The van der Waals surface area contributed by atoms with Crippen LogP contribution in [0.25, 0.3) is 16.7 Å². The van der Waals surface area contributed by atoms with Gasteiger partial charge >= 0.3 is 0 Å². The zero-order chi connectivity index (χ0) is 15.1. The first-order valence-corrected chi connectivity index (χ1v) is 7.38. The lowest BCUT2D eigenvalue weighted by Crippen LogP contribution is -2.03. The van der Waals surface area contributed by atoms with Crippen molar-refractivity contribution in [1.29, 1.82) is 0 Å². The minimum atomic E-state index is -0.479. The number of halogens is 3. The molecule has 1 atom stereocenters. The zero-order valence-corrected chi connectivity index (χ0v) is 13.1. The number of fused-ring (bicyclic) bond motifs is 1. The van der Waals surface area contributed by atoms with E-state index in [-0.39, 0.29) is 10.4 Å². The van der Waals surface area contributed by atoms with Gasteiger partial charge in [0.2, 0.25) is 0 Å². The van der Waals surface area contributed by atoms with Gasteiger partial charge in [0.05, 0.1) is 27.1 Å². The highest BCUT2D eigenvalue weighted by Gasteiger charge is 2.19. The molecule has 108 valence electrons. The first-order chi connectivity index (χ1) is 9.99. The summed E-state index contributed by atoms with van der Waals surface area (Å²) in [6.07, 6.45) is 0. The smallest absolute Gasteiger partial charge is 0.144 e. The molecule has 2 aromatic carbocycles. The average molecular weight is 323 g/mol. The average Bonchev–Trinajstić information content (AvgIpc) is 2.78. The second kappa shape index (κ2) is 5.32. The highest BCUT2D eigenvalue weighted by Crippen LogP contribution is 2.31. The largest absolute Gasteiger partial charge is 0.295 e. The maximum absolute atomic E-state index is 13.7. The minimum absolute atomic E-state index is 0.0750. The van der Waals surface area contributed by atoms with Crippen LogP contribution in [0.3, 0.4) is 0 Å². The molecule has 1 unspecified atom stereocenters. The summed E-state index contributed by atoms with van der Waals surface area (Å²) >= 11 is 12.2. The zero-order valence-electron chi connectivity index (χ0n) is 11.6. The number of imidazole rings is 1. The van der Waals surface area contributed by atoms with Crippen molar-refractivity contribution in [2.75, 3.05) is 0 Å². The summed E-state index contributed by atoms with van der Waals surface area (Å²) in [5.41, 5.74) is 3.34. The first kappa shape index (κ1) is 14.4. The molecule has 0 radical (unpaired) electrons. The number of hydrogen-bond donors (Lipinski definition) is 0. The number of aromatic nitrogens is 2. The van der Waals surface area contributed by atoms with Gasteiger partial charge in [-0.1, -0.05) is 29.8 Å². The Kier molecular flexibility index (Phi) is 3.64. The fourth-order valence-electron chi connectivity index (χ4n) is 2.43. The minimum Gasteiger partial charge on any atom is -0.295 e.